The fourth-order valence-electron chi connectivity index (χ4n) is 3.92. The van der Waals surface area contributed by atoms with E-state index in [1.54, 1.807) is 0 Å². The van der Waals surface area contributed by atoms with Crippen molar-refractivity contribution in [3.63, 3.8) is 0 Å². The zero-order valence-electron chi connectivity index (χ0n) is 17.9. The molecule has 166 valence electrons. The Labute approximate surface area is 189 Å². The van der Waals surface area contributed by atoms with Crippen LogP contribution in [0.4, 0.5) is 10.7 Å². The summed E-state index contributed by atoms with van der Waals surface area (Å²) in [5, 5.41) is 14.3. The van der Waals surface area contributed by atoms with Crippen LogP contribution in [-0.4, -0.2) is 23.9 Å². The van der Waals surface area contributed by atoms with Crippen molar-refractivity contribution in [1.82, 2.24) is 0 Å². The van der Waals surface area contributed by atoms with Gasteiger partial charge in [0.25, 0.3) is 11.6 Å². The lowest BCUT2D eigenvalue weighted by Gasteiger charge is -2.36. The van der Waals surface area contributed by atoms with Crippen LogP contribution in [0, 0.1) is 21.4 Å². The van der Waals surface area contributed by atoms with Gasteiger partial charge in [-0.25, -0.2) is 4.79 Å². The van der Waals surface area contributed by atoms with Gasteiger partial charge < -0.3 is 10.1 Å². The first kappa shape index (κ1) is 23.2. The van der Waals surface area contributed by atoms with Gasteiger partial charge in [0.15, 0.2) is 0 Å². The van der Waals surface area contributed by atoms with Crippen LogP contribution >= 0.6 is 22.9 Å². The molecule has 3 rings (SSSR count). The molecule has 1 N–H and O–H groups in total. The van der Waals surface area contributed by atoms with Crippen LogP contribution < -0.4 is 5.32 Å². The van der Waals surface area contributed by atoms with E-state index in [4.69, 9.17) is 16.3 Å². The zero-order chi connectivity index (χ0) is 22.9. The normalized spacial score (nSPS) is 15.8. The monoisotopic (exact) mass is 464 g/mol. The summed E-state index contributed by atoms with van der Waals surface area (Å²) in [7, 11) is 1.31. The molecule has 0 spiro atoms. The number of ether oxygens (including phenoxy) is 1. The highest BCUT2D eigenvalue weighted by Gasteiger charge is 2.35. The second-order valence-electron chi connectivity index (χ2n) is 8.36. The van der Waals surface area contributed by atoms with E-state index in [2.05, 4.69) is 26.1 Å². The molecule has 1 aliphatic rings. The maximum atomic E-state index is 12.8. The lowest BCUT2D eigenvalue weighted by atomic mass is 9.69. The molecule has 31 heavy (non-hydrogen) atoms. The summed E-state index contributed by atoms with van der Waals surface area (Å²) in [6.45, 7) is 6.70. The molecule has 0 radical (unpaired) electrons. The molecule has 1 aromatic heterocycles. The molecule has 1 amide bonds. The number of carbonyl (C=O) groups is 2. The molecular weight excluding hydrogens is 440 g/mol. The molecule has 0 fully saturated rings. The molecule has 0 aliphatic heterocycles. The third-order valence-corrected chi connectivity index (χ3v) is 7.79. The van der Waals surface area contributed by atoms with Crippen molar-refractivity contribution in [2.75, 3.05) is 12.4 Å². The molecule has 0 saturated carbocycles. The van der Waals surface area contributed by atoms with Gasteiger partial charge in [0, 0.05) is 16.5 Å². The number of halogens is 1. The molecule has 2 aromatic rings. The van der Waals surface area contributed by atoms with Crippen molar-refractivity contribution >= 4 is 45.5 Å². The Morgan fingerprint density at radius 2 is 2.10 bits per heavy atom. The van der Waals surface area contributed by atoms with E-state index in [0.29, 0.717) is 16.5 Å². The molecule has 0 saturated heterocycles. The van der Waals surface area contributed by atoms with Gasteiger partial charge in [-0.1, -0.05) is 38.8 Å². The number of hydrogen-bond acceptors (Lipinski definition) is 6. The predicted molar refractivity (Wildman–Crippen MR) is 121 cm³/mol. The minimum Gasteiger partial charge on any atom is -0.465 e. The minimum atomic E-state index is -0.640. The summed E-state index contributed by atoms with van der Waals surface area (Å²) in [5.41, 5.74) is 1.23. The van der Waals surface area contributed by atoms with Crippen molar-refractivity contribution in [2.24, 2.45) is 11.3 Å². The van der Waals surface area contributed by atoms with Crippen LogP contribution in [0.5, 0.6) is 0 Å². The highest BCUT2D eigenvalue weighted by Crippen LogP contribution is 2.45. The Morgan fingerprint density at radius 1 is 1.39 bits per heavy atom. The fraction of sp³-hybridized carbons (Fsp3) is 0.455. The lowest BCUT2D eigenvalue weighted by Crippen LogP contribution is -2.28. The number of amides is 1. The van der Waals surface area contributed by atoms with Gasteiger partial charge in [-0.15, -0.1) is 11.3 Å². The molecule has 1 atom stereocenters. The van der Waals surface area contributed by atoms with Gasteiger partial charge >= 0.3 is 5.97 Å². The van der Waals surface area contributed by atoms with Gasteiger partial charge in [-0.3, -0.25) is 14.9 Å². The summed E-state index contributed by atoms with van der Waals surface area (Å²) in [6.07, 6.45) is 3.60. The maximum Gasteiger partial charge on any atom is 0.341 e. The van der Waals surface area contributed by atoms with Crippen LogP contribution in [0.2, 0.25) is 5.02 Å². The van der Waals surface area contributed by atoms with Gasteiger partial charge in [-0.05, 0) is 48.3 Å². The van der Waals surface area contributed by atoms with Crippen molar-refractivity contribution < 1.29 is 19.2 Å². The Morgan fingerprint density at radius 3 is 2.71 bits per heavy atom. The average molecular weight is 465 g/mol. The zero-order valence-corrected chi connectivity index (χ0v) is 19.5. The van der Waals surface area contributed by atoms with Crippen molar-refractivity contribution in [1.29, 1.82) is 0 Å². The number of rotatable bonds is 6. The summed E-state index contributed by atoms with van der Waals surface area (Å²) in [4.78, 5) is 36.9. The average Bonchev–Trinajstić information content (AvgIpc) is 3.10. The number of hydrogen-bond donors (Lipinski definition) is 1. The number of carbonyl (C=O) groups excluding carboxylic acids is 2. The number of anilines is 1. The Hall–Kier alpha value is -2.45. The minimum absolute atomic E-state index is 0.0482. The van der Waals surface area contributed by atoms with Gasteiger partial charge in [0.1, 0.15) is 10.0 Å². The standard InChI is InChI=1S/C22H25ClN2O5S/c1-5-22(2,3)13-7-8-14-17(11-13)31-20(18(14)21(27)30-4)24-19(26)12-6-9-15(23)16(10-12)25(28)29/h6,9-10,13H,5,7-8,11H2,1-4H3,(H,24,26). The topological polar surface area (TPSA) is 98.5 Å². The molecule has 1 heterocycles. The largest absolute Gasteiger partial charge is 0.465 e. The number of thiophene rings is 1. The van der Waals surface area contributed by atoms with E-state index < -0.39 is 16.8 Å². The third kappa shape index (κ3) is 4.60. The second-order valence-corrected chi connectivity index (χ2v) is 9.87. The summed E-state index contributed by atoms with van der Waals surface area (Å²) >= 11 is 7.22. The van der Waals surface area contributed by atoms with E-state index in [0.717, 1.165) is 42.2 Å². The summed E-state index contributed by atoms with van der Waals surface area (Å²) in [5.74, 6) is -0.561. The first-order chi connectivity index (χ1) is 14.6. The molecular formula is C22H25ClN2O5S. The molecule has 7 nitrogen and oxygen atoms in total. The van der Waals surface area contributed by atoms with Gasteiger partial charge in [0.2, 0.25) is 0 Å². The highest BCUT2D eigenvalue weighted by molar-refractivity contribution is 7.17. The van der Waals surface area contributed by atoms with Gasteiger partial charge in [-0.2, -0.15) is 0 Å². The van der Waals surface area contributed by atoms with Crippen LogP contribution in [-0.2, 0) is 17.6 Å². The smallest absolute Gasteiger partial charge is 0.341 e. The van der Waals surface area contributed by atoms with Crippen LogP contribution in [0.15, 0.2) is 18.2 Å². The number of esters is 1. The second kappa shape index (κ2) is 8.96. The first-order valence-corrected chi connectivity index (χ1v) is 11.3. The Kier molecular flexibility index (Phi) is 6.71. The molecule has 9 heteroatoms. The number of benzene rings is 1. The van der Waals surface area contributed by atoms with E-state index >= 15 is 0 Å². The van der Waals surface area contributed by atoms with Crippen molar-refractivity contribution in [3.05, 3.63) is 54.9 Å². The van der Waals surface area contributed by atoms with Crippen LogP contribution in [0.1, 0.15) is 64.8 Å². The predicted octanol–water partition coefficient (Wildman–Crippen LogP) is 5.89. The number of nitrogens with zero attached hydrogens (tertiary/aromatic N) is 1. The molecule has 1 aliphatic carbocycles. The Balaban J connectivity index is 1.95. The molecule has 0 bridgehead atoms. The van der Waals surface area contributed by atoms with Crippen molar-refractivity contribution in [2.45, 2.75) is 46.5 Å². The van der Waals surface area contributed by atoms with Gasteiger partial charge in [0.05, 0.1) is 17.6 Å². The Bertz CT molecular complexity index is 1050. The molecule has 1 aromatic carbocycles. The summed E-state index contributed by atoms with van der Waals surface area (Å²) in [6, 6.07) is 3.85. The summed E-state index contributed by atoms with van der Waals surface area (Å²) < 4.78 is 4.98. The maximum absolute atomic E-state index is 12.8. The number of nitro groups is 1. The van der Waals surface area contributed by atoms with E-state index in [9.17, 15) is 19.7 Å². The quantitative estimate of drug-likeness (QED) is 0.326. The number of methoxy groups -OCH3 is 1. The van der Waals surface area contributed by atoms with E-state index in [1.165, 1.54) is 30.6 Å². The highest BCUT2D eigenvalue weighted by atomic mass is 35.5. The van der Waals surface area contributed by atoms with Crippen molar-refractivity contribution in [3.8, 4) is 0 Å². The third-order valence-electron chi connectivity index (χ3n) is 6.30. The first-order valence-electron chi connectivity index (χ1n) is 10.1. The molecule has 1 unspecified atom stereocenters. The number of nitrogens with one attached hydrogen (secondary N) is 1. The van der Waals surface area contributed by atoms with E-state index in [-0.39, 0.29) is 21.7 Å². The SMILES string of the molecule is CCC(C)(C)C1CCc2c(sc(NC(=O)c3ccc(Cl)c([N+](=O)[O-])c3)c2C(=O)OC)C1. The van der Waals surface area contributed by atoms with Crippen LogP contribution in [0.25, 0.3) is 0 Å². The van der Waals surface area contributed by atoms with Crippen LogP contribution in [0.3, 0.4) is 0 Å². The lowest BCUT2D eigenvalue weighted by molar-refractivity contribution is -0.384. The number of fused-ring (bicyclic) bond motifs is 1. The number of nitro benzene ring substituents is 1. The fourth-order valence-corrected chi connectivity index (χ4v) is 5.41. The van der Waals surface area contributed by atoms with E-state index in [1.807, 2.05) is 0 Å².